The zero-order valence-electron chi connectivity index (χ0n) is 21.1. The Bertz CT molecular complexity index is 1060. The fourth-order valence-electron chi connectivity index (χ4n) is 4.47. The molecule has 0 aliphatic rings. The topological polar surface area (TPSA) is 22.2 Å². The maximum Gasteiger partial charge on any atom is 0.0901 e. The van der Waals surface area contributed by atoms with Crippen molar-refractivity contribution < 1.29 is 0 Å². The van der Waals surface area contributed by atoms with Gasteiger partial charge in [-0.1, -0.05) is 44.2 Å². The standard InChI is InChI=1S/C29H39N3/c1-20(2)12-17-28(32-25(7)15-16-26(32)8)27(18-19-31-23(5)13-14-24(31)6)30-29-21(3)10-9-11-22(29)4/h9-17,20,28H,18-19H2,1-8H3/b17-12+,30-27+/t28-/m0/s1. The third-order valence-corrected chi connectivity index (χ3v) is 6.33. The summed E-state index contributed by atoms with van der Waals surface area (Å²) in [7, 11) is 0. The molecule has 1 atom stereocenters. The molecule has 0 radical (unpaired) electrons. The number of aliphatic imine (C=N–C) groups is 1. The van der Waals surface area contributed by atoms with Crippen molar-refractivity contribution >= 4 is 11.4 Å². The predicted octanol–water partition coefficient (Wildman–Crippen LogP) is 7.76. The molecule has 32 heavy (non-hydrogen) atoms. The third-order valence-electron chi connectivity index (χ3n) is 6.33. The van der Waals surface area contributed by atoms with Crippen molar-refractivity contribution in [3.63, 3.8) is 0 Å². The van der Waals surface area contributed by atoms with Crippen LogP contribution in [0.4, 0.5) is 5.69 Å². The number of benzene rings is 1. The van der Waals surface area contributed by atoms with Crippen molar-refractivity contribution in [3.8, 4) is 0 Å². The molecule has 3 nitrogen and oxygen atoms in total. The highest BCUT2D eigenvalue weighted by molar-refractivity contribution is 5.92. The molecule has 0 fully saturated rings. The first-order valence-corrected chi connectivity index (χ1v) is 11.8. The molecule has 170 valence electrons. The fraction of sp³-hybridized carbons (Fsp3) is 0.414. The summed E-state index contributed by atoms with van der Waals surface area (Å²) in [6.45, 7) is 18.5. The Morgan fingerprint density at radius 2 is 1.31 bits per heavy atom. The molecule has 0 bridgehead atoms. The molecule has 3 heteroatoms. The van der Waals surface area contributed by atoms with Gasteiger partial charge in [-0.05, 0) is 82.9 Å². The van der Waals surface area contributed by atoms with Gasteiger partial charge in [-0.3, -0.25) is 4.99 Å². The number of hydrogen-bond acceptors (Lipinski definition) is 1. The fourth-order valence-corrected chi connectivity index (χ4v) is 4.47. The van der Waals surface area contributed by atoms with Gasteiger partial charge in [0.15, 0.2) is 0 Å². The second-order valence-corrected chi connectivity index (χ2v) is 9.42. The highest BCUT2D eigenvalue weighted by Crippen LogP contribution is 2.28. The van der Waals surface area contributed by atoms with E-state index < -0.39 is 0 Å². The molecule has 0 amide bonds. The van der Waals surface area contributed by atoms with Gasteiger partial charge in [0.25, 0.3) is 0 Å². The largest absolute Gasteiger partial charge is 0.349 e. The summed E-state index contributed by atoms with van der Waals surface area (Å²) in [6, 6.07) is 15.4. The zero-order valence-corrected chi connectivity index (χ0v) is 21.1. The second-order valence-electron chi connectivity index (χ2n) is 9.42. The molecule has 3 aromatic rings. The van der Waals surface area contributed by atoms with Gasteiger partial charge in [0.2, 0.25) is 0 Å². The van der Waals surface area contributed by atoms with Crippen LogP contribution in [0.1, 0.15) is 60.2 Å². The van der Waals surface area contributed by atoms with Crippen LogP contribution in [0.3, 0.4) is 0 Å². The molecule has 2 heterocycles. The molecule has 0 saturated carbocycles. The van der Waals surface area contributed by atoms with Crippen LogP contribution >= 0.6 is 0 Å². The maximum atomic E-state index is 5.36. The van der Waals surface area contributed by atoms with Crippen LogP contribution in [0.5, 0.6) is 0 Å². The van der Waals surface area contributed by atoms with Crippen molar-refractivity contribution in [2.45, 2.75) is 74.4 Å². The number of nitrogens with zero attached hydrogens (tertiary/aromatic N) is 3. The molecule has 2 aromatic heterocycles. The second kappa shape index (κ2) is 10.2. The normalized spacial score (nSPS) is 13.5. The van der Waals surface area contributed by atoms with E-state index in [0.717, 1.165) is 18.7 Å². The van der Waals surface area contributed by atoms with E-state index in [0.29, 0.717) is 5.92 Å². The first kappa shape index (κ1) is 23.8. The number of aromatic nitrogens is 2. The monoisotopic (exact) mass is 429 g/mol. The molecular formula is C29H39N3. The van der Waals surface area contributed by atoms with Crippen LogP contribution < -0.4 is 0 Å². The van der Waals surface area contributed by atoms with Crippen LogP contribution in [0.15, 0.2) is 59.6 Å². The molecule has 1 aromatic carbocycles. The molecule has 0 spiro atoms. The van der Waals surface area contributed by atoms with E-state index in [1.54, 1.807) is 0 Å². The summed E-state index contributed by atoms with van der Waals surface area (Å²) in [5.74, 6) is 0.490. The van der Waals surface area contributed by atoms with E-state index in [1.165, 1.54) is 39.6 Å². The molecule has 0 unspecified atom stereocenters. The van der Waals surface area contributed by atoms with Gasteiger partial charge < -0.3 is 9.13 Å². The highest BCUT2D eigenvalue weighted by atomic mass is 15.0. The first-order chi connectivity index (χ1) is 15.2. The van der Waals surface area contributed by atoms with Crippen molar-refractivity contribution in [1.82, 2.24) is 9.13 Å². The number of allylic oxidation sites excluding steroid dienone is 2. The molecular weight excluding hydrogens is 390 g/mol. The lowest BCUT2D eigenvalue weighted by molar-refractivity contribution is 0.648. The number of rotatable bonds is 8. The highest BCUT2D eigenvalue weighted by Gasteiger charge is 2.20. The van der Waals surface area contributed by atoms with Crippen molar-refractivity contribution in [2.75, 3.05) is 0 Å². The van der Waals surface area contributed by atoms with Crippen molar-refractivity contribution in [2.24, 2.45) is 10.9 Å². The number of hydrogen-bond donors (Lipinski definition) is 0. The molecule has 0 saturated heterocycles. The maximum absolute atomic E-state index is 5.36. The lowest BCUT2D eigenvalue weighted by Gasteiger charge is -2.24. The molecule has 0 aliphatic heterocycles. The minimum atomic E-state index is 0.0996. The van der Waals surface area contributed by atoms with Crippen molar-refractivity contribution in [3.05, 3.63) is 88.5 Å². The number of para-hydroxylation sites is 1. The van der Waals surface area contributed by atoms with Gasteiger partial charge in [0.05, 0.1) is 11.7 Å². The van der Waals surface area contributed by atoms with E-state index in [2.05, 4.69) is 119 Å². The van der Waals surface area contributed by atoms with Gasteiger partial charge in [0, 0.05) is 41.5 Å². The average molecular weight is 430 g/mol. The van der Waals surface area contributed by atoms with E-state index in [-0.39, 0.29) is 6.04 Å². The summed E-state index contributed by atoms with van der Waals surface area (Å²) in [6.07, 6.45) is 5.57. The minimum Gasteiger partial charge on any atom is -0.349 e. The zero-order chi connectivity index (χ0) is 23.4. The van der Waals surface area contributed by atoms with Crippen LogP contribution in [-0.2, 0) is 6.54 Å². The van der Waals surface area contributed by atoms with Gasteiger partial charge >= 0.3 is 0 Å². The van der Waals surface area contributed by atoms with E-state index in [1.807, 2.05) is 0 Å². The Kier molecular flexibility index (Phi) is 7.60. The summed E-state index contributed by atoms with van der Waals surface area (Å²) in [5, 5.41) is 0. The summed E-state index contributed by atoms with van der Waals surface area (Å²) >= 11 is 0. The lowest BCUT2D eigenvalue weighted by Crippen LogP contribution is -2.22. The molecule has 0 N–H and O–H groups in total. The van der Waals surface area contributed by atoms with E-state index in [4.69, 9.17) is 4.99 Å². The SMILES string of the molecule is Cc1cccc(C)c1/N=C(\CCn1c(C)ccc1C)[C@H](/C=C/C(C)C)n1c(C)ccc1C. The summed E-state index contributed by atoms with van der Waals surface area (Å²) in [4.78, 5) is 5.36. The van der Waals surface area contributed by atoms with Gasteiger partial charge in [0.1, 0.15) is 0 Å². The minimum absolute atomic E-state index is 0.0996. The Hall–Kier alpha value is -2.81. The van der Waals surface area contributed by atoms with Crippen LogP contribution in [0.2, 0.25) is 0 Å². The van der Waals surface area contributed by atoms with E-state index >= 15 is 0 Å². The molecule has 0 aliphatic carbocycles. The smallest absolute Gasteiger partial charge is 0.0901 e. The van der Waals surface area contributed by atoms with Crippen molar-refractivity contribution in [1.29, 1.82) is 0 Å². The van der Waals surface area contributed by atoms with Crippen LogP contribution in [0.25, 0.3) is 0 Å². The van der Waals surface area contributed by atoms with Crippen LogP contribution in [-0.4, -0.2) is 14.8 Å². The lowest BCUT2D eigenvalue weighted by atomic mass is 10.0. The first-order valence-electron chi connectivity index (χ1n) is 11.8. The predicted molar refractivity (Wildman–Crippen MR) is 138 cm³/mol. The van der Waals surface area contributed by atoms with Gasteiger partial charge in [-0.25, -0.2) is 0 Å². The Balaban J connectivity index is 2.14. The number of aryl methyl sites for hydroxylation is 6. The molecule has 3 rings (SSSR count). The average Bonchev–Trinajstić information content (AvgIpc) is 3.23. The quantitative estimate of drug-likeness (QED) is 0.258. The Morgan fingerprint density at radius 1 is 0.781 bits per heavy atom. The van der Waals surface area contributed by atoms with Crippen LogP contribution in [0, 0.1) is 47.5 Å². The Labute approximate surface area is 194 Å². The summed E-state index contributed by atoms with van der Waals surface area (Å²) in [5.41, 5.74) is 9.90. The van der Waals surface area contributed by atoms with Gasteiger partial charge in [-0.15, -0.1) is 0 Å². The van der Waals surface area contributed by atoms with E-state index in [9.17, 15) is 0 Å². The Morgan fingerprint density at radius 3 is 1.84 bits per heavy atom. The third kappa shape index (κ3) is 5.32. The van der Waals surface area contributed by atoms with Gasteiger partial charge in [-0.2, -0.15) is 0 Å². The summed E-state index contributed by atoms with van der Waals surface area (Å²) < 4.78 is 4.83.